The number of aryl methyl sites for hydroxylation is 1. The van der Waals surface area contributed by atoms with Crippen LogP contribution in [0.3, 0.4) is 0 Å². The van der Waals surface area contributed by atoms with Gasteiger partial charge in [-0.1, -0.05) is 0 Å². The van der Waals surface area contributed by atoms with Crippen molar-refractivity contribution in [3.63, 3.8) is 0 Å². The highest BCUT2D eigenvalue weighted by molar-refractivity contribution is 5.55. The fraction of sp³-hybridized carbons (Fsp3) is 0.353. The van der Waals surface area contributed by atoms with Crippen molar-refractivity contribution >= 4 is 5.82 Å². The summed E-state index contributed by atoms with van der Waals surface area (Å²) in [6, 6.07) is 7.32. The zero-order valence-electron chi connectivity index (χ0n) is 13.9. The van der Waals surface area contributed by atoms with E-state index in [0.717, 1.165) is 5.56 Å². The van der Waals surface area contributed by atoms with Crippen LogP contribution in [0.1, 0.15) is 16.8 Å². The van der Waals surface area contributed by atoms with E-state index in [2.05, 4.69) is 21.6 Å². The van der Waals surface area contributed by atoms with Crippen LogP contribution < -0.4 is 19.5 Å². The molecule has 8 nitrogen and oxygen atoms in total. The first kappa shape index (κ1) is 16.8. The zero-order valence-corrected chi connectivity index (χ0v) is 13.9. The smallest absolute Gasteiger partial charge is 0.231 e. The van der Waals surface area contributed by atoms with Gasteiger partial charge in [0.2, 0.25) is 6.79 Å². The number of benzene rings is 1. The standard InChI is InChI=1S/C17H18N4O4/c1-10-11(2)20-21-17(14(10)6-18)19-7-12(22)8-23-13-3-4-15-16(5-13)25-9-24-15/h3-5,12,22H,7-9H2,1-2H3,(H,19,21)/t12-/m1/s1. The average Bonchev–Trinajstić information content (AvgIpc) is 3.08. The van der Waals surface area contributed by atoms with Gasteiger partial charge < -0.3 is 24.6 Å². The summed E-state index contributed by atoms with van der Waals surface area (Å²) >= 11 is 0. The highest BCUT2D eigenvalue weighted by Crippen LogP contribution is 2.35. The molecular weight excluding hydrogens is 324 g/mol. The minimum Gasteiger partial charge on any atom is -0.491 e. The number of hydrogen-bond acceptors (Lipinski definition) is 8. The molecular formula is C17H18N4O4. The molecule has 0 bridgehead atoms. The predicted molar refractivity (Wildman–Crippen MR) is 88.8 cm³/mol. The summed E-state index contributed by atoms with van der Waals surface area (Å²) in [4.78, 5) is 0. The highest BCUT2D eigenvalue weighted by Gasteiger charge is 2.15. The van der Waals surface area contributed by atoms with Crippen molar-refractivity contribution in [1.29, 1.82) is 5.26 Å². The van der Waals surface area contributed by atoms with Crippen molar-refractivity contribution < 1.29 is 19.3 Å². The third-order valence-electron chi connectivity index (χ3n) is 3.86. The van der Waals surface area contributed by atoms with Gasteiger partial charge >= 0.3 is 0 Å². The number of nitrogens with one attached hydrogen (secondary N) is 1. The van der Waals surface area contributed by atoms with Gasteiger partial charge in [-0.2, -0.15) is 10.4 Å². The van der Waals surface area contributed by atoms with Crippen LogP contribution in [-0.2, 0) is 0 Å². The summed E-state index contributed by atoms with van der Waals surface area (Å²) in [6.45, 7) is 4.06. The molecule has 0 saturated heterocycles. The van der Waals surface area contributed by atoms with Crippen molar-refractivity contribution in [2.75, 3.05) is 25.3 Å². The Kier molecular flexibility index (Phi) is 4.86. The molecule has 1 aromatic heterocycles. The molecule has 1 aromatic carbocycles. The maximum absolute atomic E-state index is 10.1. The number of aromatic nitrogens is 2. The minimum atomic E-state index is -0.791. The Balaban J connectivity index is 1.54. The van der Waals surface area contributed by atoms with E-state index in [1.165, 1.54) is 0 Å². The Hall–Kier alpha value is -3.05. The van der Waals surface area contributed by atoms with Crippen LogP contribution in [0.5, 0.6) is 17.2 Å². The first-order valence-corrected chi connectivity index (χ1v) is 7.77. The van der Waals surface area contributed by atoms with Gasteiger partial charge in [-0.05, 0) is 31.5 Å². The van der Waals surface area contributed by atoms with Gasteiger partial charge in [0, 0.05) is 12.6 Å². The lowest BCUT2D eigenvalue weighted by Crippen LogP contribution is -2.27. The number of rotatable bonds is 6. The lowest BCUT2D eigenvalue weighted by atomic mass is 10.1. The lowest BCUT2D eigenvalue weighted by molar-refractivity contribution is 0.117. The van der Waals surface area contributed by atoms with Crippen LogP contribution in [0.25, 0.3) is 0 Å². The molecule has 130 valence electrons. The van der Waals surface area contributed by atoms with Crippen LogP contribution in [-0.4, -0.2) is 41.4 Å². The second-order valence-electron chi connectivity index (χ2n) is 5.61. The molecule has 1 aliphatic rings. The molecule has 2 heterocycles. The van der Waals surface area contributed by atoms with E-state index in [-0.39, 0.29) is 19.9 Å². The van der Waals surface area contributed by atoms with Crippen molar-refractivity contribution in [2.24, 2.45) is 0 Å². The van der Waals surface area contributed by atoms with Crippen LogP contribution in [0.15, 0.2) is 18.2 Å². The molecule has 3 rings (SSSR count). The van der Waals surface area contributed by atoms with E-state index in [9.17, 15) is 10.4 Å². The molecule has 0 amide bonds. The van der Waals surface area contributed by atoms with E-state index in [4.69, 9.17) is 14.2 Å². The van der Waals surface area contributed by atoms with Crippen LogP contribution >= 0.6 is 0 Å². The minimum absolute atomic E-state index is 0.0762. The Morgan fingerprint density at radius 1 is 1.32 bits per heavy atom. The maximum atomic E-state index is 10.1. The van der Waals surface area contributed by atoms with E-state index in [0.29, 0.717) is 34.3 Å². The van der Waals surface area contributed by atoms with Gasteiger partial charge in [-0.15, -0.1) is 5.10 Å². The summed E-state index contributed by atoms with van der Waals surface area (Å²) in [6.07, 6.45) is -0.791. The van der Waals surface area contributed by atoms with E-state index >= 15 is 0 Å². The third kappa shape index (κ3) is 3.72. The number of hydrogen-bond donors (Lipinski definition) is 2. The fourth-order valence-corrected chi connectivity index (χ4v) is 2.30. The van der Waals surface area contributed by atoms with E-state index < -0.39 is 6.10 Å². The van der Waals surface area contributed by atoms with Crippen molar-refractivity contribution in [1.82, 2.24) is 10.2 Å². The first-order chi connectivity index (χ1) is 12.1. The molecule has 0 spiro atoms. The number of aliphatic hydroxyl groups is 1. The van der Waals surface area contributed by atoms with Crippen molar-refractivity contribution in [2.45, 2.75) is 20.0 Å². The highest BCUT2D eigenvalue weighted by atomic mass is 16.7. The van der Waals surface area contributed by atoms with Crippen molar-refractivity contribution in [3.8, 4) is 23.3 Å². The Morgan fingerprint density at radius 3 is 2.92 bits per heavy atom. The Morgan fingerprint density at radius 2 is 2.12 bits per heavy atom. The molecule has 2 N–H and O–H groups in total. The molecule has 0 saturated carbocycles. The molecule has 8 heteroatoms. The van der Waals surface area contributed by atoms with Gasteiger partial charge in [0.1, 0.15) is 30.1 Å². The number of nitrogens with zero attached hydrogens (tertiary/aromatic N) is 3. The average molecular weight is 342 g/mol. The molecule has 25 heavy (non-hydrogen) atoms. The molecule has 2 aromatic rings. The largest absolute Gasteiger partial charge is 0.491 e. The number of ether oxygens (including phenoxy) is 3. The van der Waals surface area contributed by atoms with Gasteiger partial charge in [0.25, 0.3) is 0 Å². The lowest BCUT2D eigenvalue weighted by Gasteiger charge is -2.15. The monoisotopic (exact) mass is 342 g/mol. The fourth-order valence-electron chi connectivity index (χ4n) is 2.30. The van der Waals surface area contributed by atoms with Crippen LogP contribution in [0, 0.1) is 25.2 Å². The predicted octanol–water partition coefficient (Wildman–Crippen LogP) is 1.55. The first-order valence-electron chi connectivity index (χ1n) is 7.77. The Bertz CT molecular complexity index is 819. The number of nitriles is 1. The second kappa shape index (κ2) is 7.23. The summed E-state index contributed by atoms with van der Waals surface area (Å²) in [7, 11) is 0. The zero-order chi connectivity index (χ0) is 17.8. The van der Waals surface area contributed by atoms with Crippen LogP contribution in [0.2, 0.25) is 0 Å². The van der Waals surface area contributed by atoms with E-state index in [1.807, 2.05) is 6.92 Å². The molecule has 0 unspecified atom stereocenters. The molecule has 0 radical (unpaired) electrons. The number of anilines is 1. The maximum Gasteiger partial charge on any atom is 0.231 e. The van der Waals surface area contributed by atoms with Gasteiger partial charge in [0.05, 0.1) is 5.69 Å². The molecule has 1 aliphatic heterocycles. The summed E-state index contributed by atoms with van der Waals surface area (Å²) in [5.74, 6) is 2.22. The molecule has 0 aliphatic carbocycles. The SMILES string of the molecule is Cc1nnc(NC[C@@H](O)COc2ccc3c(c2)OCO3)c(C#N)c1C. The molecule has 1 atom stereocenters. The third-order valence-corrected chi connectivity index (χ3v) is 3.86. The van der Waals surface area contributed by atoms with Gasteiger partial charge in [-0.25, -0.2) is 0 Å². The summed E-state index contributed by atoms with van der Waals surface area (Å²) in [5.41, 5.74) is 1.90. The van der Waals surface area contributed by atoms with Crippen molar-refractivity contribution in [3.05, 3.63) is 35.0 Å². The quantitative estimate of drug-likeness (QED) is 0.814. The summed E-state index contributed by atoms with van der Waals surface area (Å²) < 4.78 is 16.1. The summed E-state index contributed by atoms with van der Waals surface area (Å²) in [5, 5.41) is 30.2. The number of aliphatic hydroxyl groups excluding tert-OH is 1. The molecule has 0 fully saturated rings. The normalized spacial score (nSPS) is 13.2. The van der Waals surface area contributed by atoms with Gasteiger partial charge in [0.15, 0.2) is 17.3 Å². The second-order valence-corrected chi connectivity index (χ2v) is 5.61. The topological polar surface area (TPSA) is 110 Å². The van der Waals surface area contributed by atoms with E-state index in [1.54, 1.807) is 25.1 Å². The Labute approximate surface area is 145 Å². The van der Waals surface area contributed by atoms with Crippen LogP contribution in [0.4, 0.5) is 5.82 Å². The number of fused-ring (bicyclic) bond motifs is 1. The van der Waals surface area contributed by atoms with Gasteiger partial charge in [-0.3, -0.25) is 0 Å².